The van der Waals surface area contributed by atoms with Crippen molar-refractivity contribution in [2.75, 3.05) is 26.8 Å². The first-order valence-electron chi connectivity index (χ1n) is 7.30. The molecule has 0 spiro atoms. The van der Waals surface area contributed by atoms with E-state index in [0.29, 0.717) is 13.2 Å². The SMILES string of the molecule is CCCC(COC)NCC(=O)N1CCc2sccc2C1. The average Bonchev–Trinajstić information content (AvgIpc) is 2.92. The molecule has 0 fully saturated rings. The third-order valence-electron chi connectivity index (χ3n) is 3.71. The monoisotopic (exact) mass is 296 g/mol. The van der Waals surface area contributed by atoms with E-state index in [1.807, 2.05) is 4.90 Å². The van der Waals surface area contributed by atoms with Gasteiger partial charge in [0.15, 0.2) is 0 Å². The van der Waals surface area contributed by atoms with Gasteiger partial charge in [-0.25, -0.2) is 0 Å². The number of hydrogen-bond donors (Lipinski definition) is 1. The highest BCUT2D eigenvalue weighted by atomic mass is 32.1. The minimum atomic E-state index is 0.194. The lowest BCUT2D eigenvalue weighted by molar-refractivity contribution is -0.131. The van der Waals surface area contributed by atoms with Crippen molar-refractivity contribution in [1.82, 2.24) is 10.2 Å². The Morgan fingerprint density at radius 1 is 1.60 bits per heavy atom. The first-order chi connectivity index (χ1) is 9.74. The Bertz CT molecular complexity index is 427. The number of thiophene rings is 1. The summed E-state index contributed by atoms with van der Waals surface area (Å²) in [5.74, 6) is 0.194. The van der Waals surface area contributed by atoms with Crippen LogP contribution in [0.3, 0.4) is 0 Å². The highest BCUT2D eigenvalue weighted by molar-refractivity contribution is 7.10. The molecule has 0 radical (unpaired) electrons. The van der Waals surface area contributed by atoms with Gasteiger partial charge in [0.2, 0.25) is 5.91 Å². The summed E-state index contributed by atoms with van der Waals surface area (Å²) in [6.45, 7) is 4.83. The Balaban J connectivity index is 1.80. The Morgan fingerprint density at radius 2 is 2.45 bits per heavy atom. The summed E-state index contributed by atoms with van der Waals surface area (Å²) in [4.78, 5) is 15.7. The molecule has 2 rings (SSSR count). The van der Waals surface area contributed by atoms with Crippen LogP contribution >= 0.6 is 11.3 Å². The maximum absolute atomic E-state index is 12.3. The summed E-state index contributed by atoms with van der Waals surface area (Å²) < 4.78 is 5.18. The smallest absolute Gasteiger partial charge is 0.236 e. The summed E-state index contributed by atoms with van der Waals surface area (Å²) >= 11 is 1.80. The predicted octanol–water partition coefficient (Wildman–Crippen LogP) is 2.04. The van der Waals surface area contributed by atoms with Crippen LogP contribution in [-0.4, -0.2) is 43.7 Å². The first kappa shape index (κ1) is 15.5. The van der Waals surface area contributed by atoms with E-state index in [9.17, 15) is 4.79 Å². The second-order valence-electron chi connectivity index (χ2n) is 5.26. The highest BCUT2D eigenvalue weighted by Crippen LogP contribution is 2.23. The molecule has 1 aromatic rings. The molecule has 1 aliphatic heterocycles. The number of amides is 1. The standard InChI is InChI=1S/C15H24N2O2S/c1-3-4-13(11-19-2)16-9-15(18)17-7-5-14-12(10-17)6-8-20-14/h6,8,13,16H,3-5,7,9-11H2,1-2H3. The molecule has 112 valence electrons. The van der Waals surface area contributed by atoms with Crippen molar-refractivity contribution in [2.45, 2.75) is 38.8 Å². The number of ether oxygens (including phenoxy) is 1. The third kappa shape index (κ3) is 4.04. The molecule has 1 aliphatic rings. The second-order valence-corrected chi connectivity index (χ2v) is 6.26. The van der Waals surface area contributed by atoms with E-state index in [4.69, 9.17) is 4.74 Å². The zero-order chi connectivity index (χ0) is 14.4. The van der Waals surface area contributed by atoms with Gasteiger partial charge in [-0.05, 0) is 29.9 Å². The van der Waals surface area contributed by atoms with Crippen LogP contribution in [0.1, 0.15) is 30.2 Å². The first-order valence-corrected chi connectivity index (χ1v) is 8.18. The highest BCUT2D eigenvalue weighted by Gasteiger charge is 2.21. The number of fused-ring (bicyclic) bond motifs is 1. The van der Waals surface area contributed by atoms with Gasteiger partial charge in [-0.3, -0.25) is 4.79 Å². The Hall–Kier alpha value is -0.910. The average molecular weight is 296 g/mol. The number of carbonyl (C=O) groups excluding carboxylic acids is 1. The Labute approximate surface area is 125 Å². The van der Waals surface area contributed by atoms with Gasteiger partial charge < -0.3 is 15.0 Å². The van der Waals surface area contributed by atoms with E-state index in [0.717, 1.165) is 32.4 Å². The fourth-order valence-electron chi connectivity index (χ4n) is 2.60. The van der Waals surface area contributed by atoms with Gasteiger partial charge in [0.1, 0.15) is 0 Å². The fraction of sp³-hybridized carbons (Fsp3) is 0.667. The van der Waals surface area contributed by atoms with Crippen molar-refractivity contribution >= 4 is 17.2 Å². The number of nitrogens with zero attached hydrogens (tertiary/aromatic N) is 1. The van der Waals surface area contributed by atoms with Crippen molar-refractivity contribution in [1.29, 1.82) is 0 Å². The number of methoxy groups -OCH3 is 1. The number of carbonyl (C=O) groups is 1. The van der Waals surface area contributed by atoms with E-state index in [-0.39, 0.29) is 11.9 Å². The van der Waals surface area contributed by atoms with E-state index >= 15 is 0 Å². The van der Waals surface area contributed by atoms with Gasteiger partial charge >= 0.3 is 0 Å². The molecule has 0 saturated carbocycles. The van der Waals surface area contributed by atoms with Crippen molar-refractivity contribution in [2.24, 2.45) is 0 Å². The van der Waals surface area contributed by atoms with E-state index < -0.39 is 0 Å². The van der Waals surface area contributed by atoms with Crippen LogP contribution in [0.5, 0.6) is 0 Å². The lowest BCUT2D eigenvalue weighted by Gasteiger charge is -2.28. The van der Waals surface area contributed by atoms with Gasteiger partial charge in [-0.1, -0.05) is 13.3 Å². The van der Waals surface area contributed by atoms with Crippen molar-refractivity contribution in [3.8, 4) is 0 Å². The van der Waals surface area contributed by atoms with Crippen molar-refractivity contribution < 1.29 is 9.53 Å². The largest absolute Gasteiger partial charge is 0.383 e. The summed E-state index contributed by atoms with van der Waals surface area (Å²) in [5, 5.41) is 5.44. The molecule has 1 N–H and O–H groups in total. The van der Waals surface area contributed by atoms with Crippen LogP contribution in [0, 0.1) is 0 Å². The quantitative estimate of drug-likeness (QED) is 0.837. The van der Waals surface area contributed by atoms with Gasteiger partial charge in [0, 0.05) is 31.1 Å². The molecule has 4 nitrogen and oxygen atoms in total. The molecule has 0 bridgehead atoms. The maximum atomic E-state index is 12.3. The van der Waals surface area contributed by atoms with E-state index in [1.54, 1.807) is 18.4 Å². The number of rotatable bonds is 7. The van der Waals surface area contributed by atoms with Crippen LogP contribution in [0.2, 0.25) is 0 Å². The molecule has 20 heavy (non-hydrogen) atoms. The minimum Gasteiger partial charge on any atom is -0.383 e. The molecular formula is C15H24N2O2S. The molecule has 1 amide bonds. The van der Waals surface area contributed by atoms with Crippen LogP contribution in [0.4, 0.5) is 0 Å². The lowest BCUT2D eigenvalue weighted by atomic mass is 10.1. The lowest BCUT2D eigenvalue weighted by Crippen LogP contribution is -2.44. The van der Waals surface area contributed by atoms with Gasteiger partial charge in [-0.2, -0.15) is 0 Å². The van der Waals surface area contributed by atoms with Crippen LogP contribution in [0.25, 0.3) is 0 Å². The Morgan fingerprint density at radius 3 is 3.20 bits per heavy atom. The molecule has 1 atom stereocenters. The summed E-state index contributed by atoms with van der Waals surface area (Å²) in [5.41, 5.74) is 1.32. The third-order valence-corrected chi connectivity index (χ3v) is 4.73. The summed E-state index contributed by atoms with van der Waals surface area (Å²) in [7, 11) is 1.70. The number of nitrogens with one attached hydrogen (secondary N) is 1. The summed E-state index contributed by atoms with van der Waals surface area (Å²) in [6, 6.07) is 2.41. The fourth-order valence-corrected chi connectivity index (χ4v) is 3.49. The number of hydrogen-bond acceptors (Lipinski definition) is 4. The van der Waals surface area contributed by atoms with Gasteiger partial charge in [-0.15, -0.1) is 11.3 Å². The van der Waals surface area contributed by atoms with E-state index in [2.05, 4.69) is 23.7 Å². The molecule has 0 aromatic carbocycles. The van der Waals surface area contributed by atoms with E-state index in [1.165, 1.54) is 10.4 Å². The van der Waals surface area contributed by atoms with Crippen LogP contribution in [0.15, 0.2) is 11.4 Å². The van der Waals surface area contributed by atoms with Gasteiger partial charge in [0.25, 0.3) is 0 Å². The zero-order valence-electron chi connectivity index (χ0n) is 12.4. The molecule has 0 aliphatic carbocycles. The molecule has 0 saturated heterocycles. The summed E-state index contributed by atoms with van der Waals surface area (Å²) in [6.07, 6.45) is 3.13. The normalized spacial score (nSPS) is 16.0. The molecule has 2 heterocycles. The second kappa shape index (κ2) is 7.76. The minimum absolute atomic E-state index is 0.194. The topological polar surface area (TPSA) is 41.6 Å². The van der Waals surface area contributed by atoms with Crippen LogP contribution in [-0.2, 0) is 22.5 Å². The maximum Gasteiger partial charge on any atom is 0.236 e. The predicted molar refractivity (Wildman–Crippen MR) is 82.0 cm³/mol. The van der Waals surface area contributed by atoms with Crippen LogP contribution < -0.4 is 5.32 Å². The Kier molecular flexibility index (Phi) is 6.01. The van der Waals surface area contributed by atoms with Crippen molar-refractivity contribution in [3.63, 3.8) is 0 Å². The van der Waals surface area contributed by atoms with Gasteiger partial charge in [0.05, 0.1) is 13.2 Å². The zero-order valence-corrected chi connectivity index (χ0v) is 13.2. The molecular weight excluding hydrogens is 272 g/mol. The molecule has 5 heteroatoms. The molecule has 1 aromatic heterocycles. The van der Waals surface area contributed by atoms with Crippen molar-refractivity contribution in [3.05, 3.63) is 21.9 Å². The molecule has 1 unspecified atom stereocenters.